The Morgan fingerprint density at radius 2 is 2.21 bits per heavy atom. The van der Waals surface area contributed by atoms with Crippen molar-refractivity contribution in [1.82, 2.24) is 15.0 Å². The maximum atomic E-state index is 5.68. The summed E-state index contributed by atoms with van der Waals surface area (Å²) < 4.78 is 6.66. The maximum Gasteiger partial charge on any atom is 0.218 e. The Hall–Kier alpha value is -1.44. The first-order valence-electron chi connectivity index (χ1n) is 5.96. The van der Waals surface area contributed by atoms with Crippen molar-refractivity contribution in [3.8, 4) is 5.88 Å². The van der Waals surface area contributed by atoms with Crippen LogP contribution < -0.4 is 10.1 Å². The first kappa shape index (κ1) is 14.0. The second-order valence-corrected chi connectivity index (χ2v) is 5.37. The van der Waals surface area contributed by atoms with E-state index in [9.17, 15) is 0 Å². The van der Waals surface area contributed by atoms with Gasteiger partial charge in [0.15, 0.2) is 0 Å². The maximum absolute atomic E-state index is 5.68. The summed E-state index contributed by atoms with van der Waals surface area (Å²) in [5, 5.41) is 3.26. The van der Waals surface area contributed by atoms with Crippen LogP contribution in [0.2, 0.25) is 0 Å². The molecule has 0 aliphatic carbocycles. The Balaban J connectivity index is 2.09. The van der Waals surface area contributed by atoms with Gasteiger partial charge in [0.25, 0.3) is 0 Å². The molecule has 100 valence electrons. The molecule has 5 nitrogen and oxygen atoms in total. The fourth-order valence-corrected chi connectivity index (χ4v) is 2.00. The lowest BCUT2D eigenvalue weighted by atomic mass is 10.2. The molecule has 0 saturated carbocycles. The molecule has 2 aromatic rings. The molecule has 0 aliphatic rings. The molecule has 1 N–H and O–H groups in total. The van der Waals surface area contributed by atoms with Crippen molar-refractivity contribution in [2.75, 3.05) is 5.32 Å². The molecular formula is C13H15IN4O. The Morgan fingerprint density at radius 1 is 1.37 bits per heavy atom. The number of halogens is 1. The largest absolute Gasteiger partial charge is 0.475 e. The van der Waals surface area contributed by atoms with Gasteiger partial charge in [0, 0.05) is 24.5 Å². The SMILES string of the molecule is CC(C)Oc1ncccc1CNc1ncncc1I. The fraction of sp³-hybridized carbons (Fsp3) is 0.308. The quantitative estimate of drug-likeness (QED) is 0.821. The number of aromatic nitrogens is 3. The standard InChI is InChI=1S/C13H15IN4O/c1-9(2)19-13-10(4-3-5-16-13)6-17-12-11(14)7-15-8-18-12/h3-5,7-9H,6H2,1-2H3,(H,15,17,18). The molecule has 0 saturated heterocycles. The van der Waals surface area contributed by atoms with Gasteiger partial charge in [-0.05, 0) is 42.5 Å². The van der Waals surface area contributed by atoms with Crippen molar-refractivity contribution < 1.29 is 4.74 Å². The third-order valence-electron chi connectivity index (χ3n) is 2.31. The molecule has 0 spiro atoms. The summed E-state index contributed by atoms with van der Waals surface area (Å²) in [6.45, 7) is 4.58. The molecule has 0 bridgehead atoms. The molecule has 0 radical (unpaired) electrons. The van der Waals surface area contributed by atoms with Crippen molar-refractivity contribution in [2.45, 2.75) is 26.5 Å². The predicted molar refractivity (Wildman–Crippen MR) is 82.1 cm³/mol. The van der Waals surface area contributed by atoms with E-state index in [1.165, 1.54) is 6.33 Å². The smallest absolute Gasteiger partial charge is 0.218 e. The molecule has 2 rings (SSSR count). The van der Waals surface area contributed by atoms with Gasteiger partial charge in [-0.1, -0.05) is 6.07 Å². The van der Waals surface area contributed by atoms with Crippen molar-refractivity contribution >= 4 is 28.4 Å². The Kier molecular flexibility index (Phi) is 4.89. The van der Waals surface area contributed by atoms with Gasteiger partial charge in [-0.15, -0.1) is 0 Å². The van der Waals surface area contributed by atoms with Gasteiger partial charge in [0.1, 0.15) is 12.1 Å². The van der Waals surface area contributed by atoms with Crippen LogP contribution in [0, 0.1) is 3.57 Å². The number of nitrogens with one attached hydrogen (secondary N) is 1. The summed E-state index contributed by atoms with van der Waals surface area (Å²) in [6, 6.07) is 3.89. The van der Waals surface area contributed by atoms with E-state index in [1.54, 1.807) is 12.4 Å². The van der Waals surface area contributed by atoms with E-state index in [2.05, 4.69) is 42.9 Å². The number of pyridine rings is 1. The van der Waals surface area contributed by atoms with E-state index in [0.29, 0.717) is 12.4 Å². The summed E-state index contributed by atoms with van der Waals surface area (Å²) >= 11 is 2.20. The van der Waals surface area contributed by atoms with Crippen molar-refractivity contribution in [2.24, 2.45) is 0 Å². The Morgan fingerprint density at radius 3 is 2.95 bits per heavy atom. The Bertz CT molecular complexity index is 548. The minimum Gasteiger partial charge on any atom is -0.475 e. The lowest BCUT2D eigenvalue weighted by Gasteiger charge is -2.13. The average molecular weight is 370 g/mol. The zero-order valence-corrected chi connectivity index (χ0v) is 13.0. The summed E-state index contributed by atoms with van der Waals surface area (Å²) in [5.41, 5.74) is 1.01. The van der Waals surface area contributed by atoms with Crippen molar-refractivity contribution in [1.29, 1.82) is 0 Å². The van der Waals surface area contributed by atoms with E-state index in [4.69, 9.17) is 4.74 Å². The van der Waals surface area contributed by atoms with Crippen LogP contribution >= 0.6 is 22.6 Å². The van der Waals surface area contributed by atoms with Gasteiger partial charge in [-0.25, -0.2) is 15.0 Å². The Labute approximate surface area is 126 Å². The minimum absolute atomic E-state index is 0.104. The van der Waals surface area contributed by atoms with E-state index in [-0.39, 0.29) is 6.10 Å². The zero-order valence-electron chi connectivity index (χ0n) is 10.8. The van der Waals surface area contributed by atoms with Crippen LogP contribution in [0.15, 0.2) is 30.9 Å². The number of hydrogen-bond acceptors (Lipinski definition) is 5. The average Bonchev–Trinajstić information content (AvgIpc) is 2.39. The van der Waals surface area contributed by atoms with Crippen LogP contribution in [0.1, 0.15) is 19.4 Å². The van der Waals surface area contributed by atoms with E-state index in [1.807, 2.05) is 26.0 Å². The molecule has 2 heterocycles. The topological polar surface area (TPSA) is 59.9 Å². The van der Waals surface area contributed by atoms with Crippen LogP contribution in [-0.2, 0) is 6.54 Å². The molecule has 0 amide bonds. The third-order valence-corrected chi connectivity index (χ3v) is 3.10. The number of ether oxygens (including phenoxy) is 1. The van der Waals surface area contributed by atoms with E-state index >= 15 is 0 Å². The molecule has 6 heteroatoms. The highest BCUT2D eigenvalue weighted by Gasteiger charge is 2.07. The van der Waals surface area contributed by atoms with E-state index < -0.39 is 0 Å². The molecule has 0 unspecified atom stereocenters. The van der Waals surface area contributed by atoms with Crippen LogP contribution in [0.4, 0.5) is 5.82 Å². The van der Waals surface area contributed by atoms with Crippen molar-refractivity contribution in [3.05, 3.63) is 40.0 Å². The zero-order chi connectivity index (χ0) is 13.7. The minimum atomic E-state index is 0.104. The number of anilines is 1. The molecule has 0 fully saturated rings. The monoisotopic (exact) mass is 370 g/mol. The highest BCUT2D eigenvalue weighted by molar-refractivity contribution is 14.1. The van der Waals surface area contributed by atoms with E-state index in [0.717, 1.165) is 15.0 Å². The van der Waals surface area contributed by atoms with Gasteiger partial charge >= 0.3 is 0 Å². The van der Waals surface area contributed by atoms with Crippen molar-refractivity contribution in [3.63, 3.8) is 0 Å². The summed E-state index contributed by atoms with van der Waals surface area (Å²) in [5.74, 6) is 1.48. The third kappa shape index (κ3) is 4.02. The highest BCUT2D eigenvalue weighted by Crippen LogP contribution is 2.19. The second kappa shape index (κ2) is 6.65. The predicted octanol–water partition coefficient (Wildman–Crippen LogP) is 2.88. The fourth-order valence-electron chi connectivity index (χ4n) is 1.51. The normalized spacial score (nSPS) is 10.5. The molecule has 19 heavy (non-hydrogen) atoms. The summed E-state index contributed by atoms with van der Waals surface area (Å²) in [7, 11) is 0. The molecule has 0 atom stereocenters. The van der Waals surface area contributed by atoms with Crippen LogP contribution in [0.3, 0.4) is 0 Å². The summed E-state index contributed by atoms with van der Waals surface area (Å²) in [4.78, 5) is 12.4. The second-order valence-electron chi connectivity index (χ2n) is 4.21. The van der Waals surface area contributed by atoms with Crippen LogP contribution in [0.5, 0.6) is 5.88 Å². The first-order valence-corrected chi connectivity index (χ1v) is 7.04. The van der Waals surface area contributed by atoms with Gasteiger partial charge < -0.3 is 10.1 Å². The van der Waals surface area contributed by atoms with Crippen LogP contribution in [-0.4, -0.2) is 21.1 Å². The first-order chi connectivity index (χ1) is 9.16. The molecular weight excluding hydrogens is 355 g/mol. The van der Waals surface area contributed by atoms with Gasteiger partial charge in [0.2, 0.25) is 5.88 Å². The number of rotatable bonds is 5. The molecule has 0 aromatic carbocycles. The number of nitrogens with zero attached hydrogens (tertiary/aromatic N) is 3. The van der Waals surface area contributed by atoms with Crippen LogP contribution in [0.25, 0.3) is 0 Å². The van der Waals surface area contributed by atoms with Gasteiger partial charge in [0.05, 0.1) is 9.67 Å². The highest BCUT2D eigenvalue weighted by atomic mass is 127. The van der Waals surface area contributed by atoms with Gasteiger partial charge in [-0.3, -0.25) is 0 Å². The lowest BCUT2D eigenvalue weighted by Crippen LogP contribution is -2.11. The molecule has 2 aromatic heterocycles. The number of hydrogen-bond donors (Lipinski definition) is 1. The van der Waals surface area contributed by atoms with Gasteiger partial charge in [-0.2, -0.15) is 0 Å². The summed E-state index contributed by atoms with van der Waals surface area (Å²) in [6.07, 6.45) is 5.13. The molecule has 0 aliphatic heterocycles. The lowest BCUT2D eigenvalue weighted by molar-refractivity contribution is 0.230.